The van der Waals surface area contributed by atoms with Gasteiger partial charge in [-0.25, -0.2) is 4.98 Å². The number of nitrogens with zero attached hydrogens (tertiary/aromatic N) is 2. The third-order valence-electron chi connectivity index (χ3n) is 3.96. The highest BCUT2D eigenvalue weighted by Crippen LogP contribution is 2.25. The fourth-order valence-corrected chi connectivity index (χ4v) is 2.61. The van der Waals surface area contributed by atoms with E-state index in [1.807, 2.05) is 57.2 Å². The van der Waals surface area contributed by atoms with E-state index in [1.54, 1.807) is 13.2 Å². The number of carbonyl (C=O) groups excluding carboxylic acids is 1. The fraction of sp³-hybridized carbons (Fsp3) is 0.435. The molecular formula is C23H33N5O3. The quantitative estimate of drug-likeness (QED) is 0.420. The first-order valence-corrected chi connectivity index (χ1v) is 10.4. The van der Waals surface area contributed by atoms with E-state index >= 15 is 0 Å². The van der Waals surface area contributed by atoms with Crippen LogP contribution in [0, 0.1) is 0 Å². The van der Waals surface area contributed by atoms with Crippen molar-refractivity contribution in [3.63, 3.8) is 0 Å². The minimum atomic E-state index is -0.280. The summed E-state index contributed by atoms with van der Waals surface area (Å²) in [7, 11) is 1.65. The van der Waals surface area contributed by atoms with Gasteiger partial charge in [-0.3, -0.25) is 9.79 Å². The van der Waals surface area contributed by atoms with Gasteiger partial charge in [-0.15, -0.1) is 0 Å². The van der Waals surface area contributed by atoms with Crippen LogP contribution in [-0.2, 0) is 11.3 Å². The van der Waals surface area contributed by atoms with Crippen LogP contribution in [0.15, 0.2) is 47.6 Å². The number of carbonyl (C=O) groups is 1. The van der Waals surface area contributed by atoms with Gasteiger partial charge in [-0.1, -0.05) is 13.0 Å². The van der Waals surface area contributed by atoms with E-state index in [1.165, 1.54) is 0 Å². The number of hydrogen-bond acceptors (Lipinski definition) is 5. The zero-order chi connectivity index (χ0) is 22.7. The molecule has 0 aliphatic heterocycles. The van der Waals surface area contributed by atoms with Gasteiger partial charge in [0.05, 0.1) is 13.2 Å². The number of benzene rings is 1. The molecular weight excluding hydrogens is 394 g/mol. The fourth-order valence-electron chi connectivity index (χ4n) is 2.61. The monoisotopic (exact) mass is 427 g/mol. The first-order chi connectivity index (χ1) is 14.8. The van der Waals surface area contributed by atoms with E-state index in [2.05, 4.69) is 32.9 Å². The van der Waals surface area contributed by atoms with Crippen LogP contribution < -0.4 is 25.4 Å². The molecule has 8 nitrogen and oxygen atoms in total. The number of aromatic nitrogens is 1. The SMILES string of the molecule is CCCOc1ccc(Oc2ncccc2CNC(=NC)NCC(=O)NC(C)(C)C)cc1. The van der Waals surface area contributed by atoms with Crippen molar-refractivity contribution in [2.45, 2.75) is 46.2 Å². The normalized spacial score (nSPS) is 11.6. The van der Waals surface area contributed by atoms with E-state index in [0.717, 1.165) is 17.7 Å². The van der Waals surface area contributed by atoms with Crippen molar-refractivity contribution in [3.8, 4) is 17.4 Å². The van der Waals surface area contributed by atoms with Crippen molar-refractivity contribution in [1.82, 2.24) is 20.9 Å². The van der Waals surface area contributed by atoms with Crippen LogP contribution in [-0.4, -0.2) is 42.6 Å². The van der Waals surface area contributed by atoms with Gasteiger partial charge >= 0.3 is 0 Å². The van der Waals surface area contributed by atoms with Crippen molar-refractivity contribution >= 4 is 11.9 Å². The van der Waals surface area contributed by atoms with Crippen molar-refractivity contribution < 1.29 is 14.3 Å². The highest BCUT2D eigenvalue weighted by atomic mass is 16.5. The third kappa shape index (κ3) is 8.94. The zero-order valence-electron chi connectivity index (χ0n) is 19.0. The van der Waals surface area contributed by atoms with Crippen LogP contribution in [0.5, 0.6) is 17.4 Å². The lowest BCUT2D eigenvalue weighted by atomic mass is 10.1. The molecule has 1 amide bonds. The first kappa shape index (κ1) is 24.0. The lowest BCUT2D eigenvalue weighted by Gasteiger charge is -2.21. The minimum Gasteiger partial charge on any atom is -0.494 e. The molecule has 31 heavy (non-hydrogen) atoms. The maximum Gasteiger partial charge on any atom is 0.239 e. The molecule has 0 unspecified atom stereocenters. The number of ether oxygens (including phenoxy) is 2. The van der Waals surface area contributed by atoms with Gasteiger partial charge in [0.2, 0.25) is 11.8 Å². The smallest absolute Gasteiger partial charge is 0.239 e. The summed E-state index contributed by atoms with van der Waals surface area (Å²) in [5, 5.41) is 9.09. The zero-order valence-corrected chi connectivity index (χ0v) is 19.0. The Kier molecular flexibility index (Phi) is 9.12. The molecule has 1 aromatic carbocycles. The van der Waals surface area contributed by atoms with Crippen LogP contribution >= 0.6 is 0 Å². The predicted molar refractivity (Wildman–Crippen MR) is 123 cm³/mol. The van der Waals surface area contributed by atoms with Crippen LogP contribution in [0.2, 0.25) is 0 Å². The molecule has 0 fully saturated rings. The number of aliphatic imine (C=N–C) groups is 1. The summed E-state index contributed by atoms with van der Waals surface area (Å²) in [5.74, 6) is 2.38. The molecule has 2 rings (SSSR count). The van der Waals surface area contributed by atoms with Gasteiger partial charge < -0.3 is 25.4 Å². The second-order valence-electron chi connectivity index (χ2n) is 7.97. The molecule has 0 aliphatic carbocycles. The Hall–Kier alpha value is -3.29. The summed E-state index contributed by atoms with van der Waals surface area (Å²) in [4.78, 5) is 20.5. The second-order valence-corrected chi connectivity index (χ2v) is 7.97. The van der Waals surface area contributed by atoms with Gasteiger partial charge in [0.25, 0.3) is 0 Å². The largest absolute Gasteiger partial charge is 0.494 e. The average Bonchev–Trinajstić information content (AvgIpc) is 2.73. The van der Waals surface area contributed by atoms with Crippen molar-refractivity contribution in [3.05, 3.63) is 48.2 Å². The summed E-state index contributed by atoms with van der Waals surface area (Å²) in [6.07, 6.45) is 2.64. The van der Waals surface area contributed by atoms with Gasteiger partial charge in [0.15, 0.2) is 5.96 Å². The third-order valence-corrected chi connectivity index (χ3v) is 3.96. The van der Waals surface area contributed by atoms with Gasteiger partial charge in [0.1, 0.15) is 11.5 Å². The van der Waals surface area contributed by atoms with E-state index in [0.29, 0.717) is 30.7 Å². The Bertz CT molecular complexity index is 860. The molecule has 3 N–H and O–H groups in total. The molecule has 8 heteroatoms. The molecule has 168 valence electrons. The van der Waals surface area contributed by atoms with Gasteiger partial charge in [-0.05, 0) is 57.5 Å². The summed E-state index contributed by atoms with van der Waals surface area (Å²) >= 11 is 0. The summed E-state index contributed by atoms with van der Waals surface area (Å²) in [6, 6.07) is 11.2. The van der Waals surface area contributed by atoms with Crippen molar-refractivity contribution in [2.75, 3.05) is 20.2 Å². The number of guanidine groups is 1. The van der Waals surface area contributed by atoms with Gasteiger partial charge in [-0.2, -0.15) is 0 Å². The Morgan fingerprint density at radius 3 is 2.45 bits per heavy atom. The first-order valence-electron chi connectivity index (χ1n) is 10.4. The lowest BCUT2D eigenvalue weighted by Crippen LogP contribution is -2.48. The van der Waals surface area contributed by atoms with Crippen LogP contribution in [0.25, 0.3) is 0 Å². The maximum absolute atomic E-state index is 12.0. The molecule has 2 aromatic rings. The highest BCUT2D eigenvalue weighted by Gasteiger charge is 2.14. The molecule has 0 saturated carbocycles. The van der Waals surface area contributed by atoms with Crippen LogP contribution in [0.4, 0.5) is 0 Å². The maximum atomic E-state index is 12.0. The Balaban J connectivity index is 1.93. The van der Waals surface area contributed by atoms with Crippen LogP contribution in [0.1, 0.15) is 39.7 Å². The standard InChI is InChI=1S/C23H33N5O3/c1-6-14-30-18-9-11-19(12-10-18)31-21-17(8-7-13-25-21)15-26-22(24-5)27-16-20(29)28-23(2,3)4/h7-13H,6,14-16H2,1-5H3,(H,28,29)(H2,24,26,27). The van der Waals surface area contributed by atoms with Gasteiger partial charge in [0, 0.05) is 30.9 Å². The molecule has 1 heterocycles. The van der Waals surface area contributed by atoms with Crippen LogP contribution in [0.3, 0.4) is 0 Å². The molecule has 1 aromatic heterocycles. The lowest BCUT2D eigenvalue weighted by molar-refractivity contribution is -0.121. The van der Waals surface area contributed by atoms with E-state index in [9.17, 15) is 4.79 Å². The molecule has 0 bridgehead atoms. The summed E-state index contributed by atoms with van der Waals surface area (Å²) in [5.41, 5.74) is 0.578. The van der Waals surface area contributed by atoms with E-state index in [-0.39, 0.29) is 18.0 Å². The Labute approximate surface area is 184 Å². The number of pyridine rings is 1. The molecule has 0 atom stereocenters. The Morgan fingerprint density at radius 1 is 1.10 bits per heavy atom. The van der Waals surface area contributed by atoms with E-state index in [4.69, 9.17) is 9.47 Å². The molecule has 0 spiro atoms. The average molecular weight is 428 g/mol. The molecule has 0 saturated heterocycles. The minimum absolute atomic E-state index is 0.104. The topological polar surface area (TPSA) is 96.9 Å². The number of rotatable bonds is 9. The molecule has 0 radical (unpaired) electrons. The van der Waals surface area contributed by atoms with E-state index < -0.39 is 0 Å². The highest BCUT2D eigenvalue weighted by molar-refractivity contribution is 5.86. The predicted octanol–water partition coefficient (Wildman–Crippen LogP) is 3.24. The number of amides is 1. The summed E-state index contributed by atoms with van der Waals surface area (Å²) in [6.45, 7) is 9.12. The second kappa shape index (κ2) is 11.8. The Morgan fingerprint density at radius 2 is 1.81 bits per heavy atom. The summed E-state index contributed by atoms with van der Waals surface area (Å²) < 4.78 is 11.6. The van der Waals surface area contributed by atoms with Crippen molar-refractivity contribution in [2.24, 2.45) is 4.99 Å². The van der Waals surface area contributed by atoms with Crippen molar-refractivity contribution in [1.29, 1.82) is 0 Å². The number of hydrogen-bond donors (Lipinski definition) is 3. The number of nitrogens with one attached hydrogen (secondary N) is 3. The molecule has 0 aliphatic rings.